The van der Waals surface area contributed by atoms with E-state index < -0.39 is 0 Å². The van der Waals surface area contributed by atoms with E-state index in [-0.39, 0.29) is 5.60 Å². The molecule has 1 fully saturated rings. The van der Waals surface area contributed by atoms with Crippen LogP contribution in [0.1, 0.15) is 27.2 Å². The third-order valence-corrected chi connectivity index (χ3v) is 1.69. The van der Waals surface area contributed by atoms with E-state index in [1.807, 2.05) is 0 Å². The molecule has 1 aliphatic rings. The van der Waals surface area contributed by atoms with E-state index in [0.29, 0.717) is 6.10 Å². The van der Waals surface area contributed by atoms with Crippen LogP contribution in [0.4, 0.5) is 0 Å². The van der Waals surface area contributed by atoms with Crippen molar-refractivity contribution in [3.8, 4) is 0 Å². The van der Waals surface area contributed by atoms with Crippen LogP contribution in [-0.2, 0) is 9.47 Å². The maximum atomic E-state index is 5.70. The Labute approximate surface area is 62.5 Å². The number of rotatable bonds is 1. The lowest BCUT2D eigenvalue weighted by Crippen LogP contribution is -2.42. The van der Waals surface area contributed by atoms with Crippen LogP contribution < -0.4 is 0 Å². The van der Waals surface area contributed by atoms with Crippen molar-refractivity contribution in [2.75, 3.05) is 13.2 Å². The summed E-state index contributed by atoms with van der Waals surface area (Å²) < 4.78 is 11.1. The second-order valence-corrected chi connectivity index (χ2v) is 3.42. The molecule has 1 heterocycles. The minimum atomic E-state index is -0.0705. The third kappa shape index (κ3) is 1.96. The summed E-state index contributed by atoms with van der Waals surface area (Å²) in [6.07, 6.45) is 1.35. The zero-order valence-corrected chi connectivity index (χ0v) is 7.02. The van der Waals surface area contributed by atoms with Crippen LogP contribution in [0, 0.1) is 0 Å². The van der Waals surface area contributed by atoms with Crippen molar-refractivity contribution in [3.63, 3.8) is 0 Å². The van der Waals surface area contributed by atoms with Gasteiger partial charge in [0.25, 0.3) is 0 Å². The van der Waals surface area contributed by atoms with Crippen molar-refractivity contribution in [1.29, 1.82) is 0 Å². The van der Waals surface area contributed by atoms with Crippen molar-refractivity contribution < 1.29 is 9.47 Å². The minimum absolute atomic E-state index is 0.0705. The maximum absolute atomic E-state index is 5.70. The standard InChI is InChI=1S/C8H16O2/c1-4-7-5-9-6-8(2,3)10-7/h7H,4-6H2,1-3H3. The molecule has 0 N–H and O–H groups in total. The van der Waals surface area contributed by atoms with Gasteiger partial charge in [-0.25, -0.2) is 0 Å². The average Bonchev–Trinajstić information content (AvgIpc) is 1.86. The summed E-state index contributed by atoms with van der Waals surface area (Å²) in [6, 6.07) is 0. The molecule has 60 valence electrons. The molecule has 1 atom stereocenters. The predicted molar refractivity (Wildman–Crippen MR) is 40.1 cm³/mol. The van der Waals surface area contributed by atoms with Crippen molar-refractivity contribution in [3.05, 3.63) is 0 Å². The fraction of sp³-hybridized carbons (Fsp3) is 1.00. The van der Waals surface area contributed by atoms with E-state index in [1.54, 1.807) is 0 Å². The molecular weight excluding hydrogens is 128 g/mol. The van der Waals surface area contributed by atoms with Gasteiger partial charge in [0, 0.05) is 0 Å². The van der Waals surface area contributed by atoms with Crippen LogP contribution in [0.3, 0.4) is 0 Å². The molecule has 1 saturated heterocycles. The Bertz CT molecular complexity index is 110. The molecule has 1 unspecified atom stereocenters. The summed E-state index contributed by atoms with van der Waals surface area (Å²) in [5, 5.41) is 0. The lowest BCUT2D eigenvalue weighted by Gasteiger charge is -2.35. The van der Waals surface area contributed by atoms with Crippen LogP contribution in [0.25, 0.3) is 0 Å². The first kappa shape index (κ1) is 8.02. The molecule has 2 nitrogen and oxygen atoms in total. The lowest BCUT2D eigenvalue weighted by atomic mass is 10.1. The van der Waals surface area contributed by atoms with Gasteiger partial charge in [-0.1, -0.05) is 6.92 Å². The SMILES string of the molecule is CCC1COCC(C)(C)O1. The summed E-state index contributed by atoms with van der Waals surface area (Å²) in [6.45, 7) is 7.74. The molecule has 0 amide bonds. The van der Waals surface area contributed by atoms with Gasteiger partial charge < -0.3 is 9.47 Å². The topological polar surface area (TPSA) is 18.5 Å². The Morgan fingerprint density at radius 3 is 2.60 bits per heavy atom. The molecule has 0 aromatic rings. The van der Waals surface area contributed by atoms with Gasteiger partial charge in [-0.2, -0.15) is 0 Å². The Balaban J connectivity index is 2.40. The van der Waals surface area contributed by atoms with E-state index in [0.717, 1.165) is 19.6 Å². The molecule has 0 aromatic carbocycles. The van der Waals surface area contributed by atoms with Crippen LogP contribution in [-0.4, -0.2) is 24.9 Å². The molecule has 0 radical (unpaired) electrons. The molecule has 0 aliphatic carbocycles. The highest BCUT2D eigenvalue weighted by molar-refractivity contribution is 4.74. The Hall–Kier alpha value is -0.0800. The van der Waals surface area contributed by atoms with Crippen molar-refractivity contribution >= 4 is 0 Å². The van der Waals surface area contributed by atoms with Gasteiger partial charge in [0.15, 0.2) is 0 Å². The molecule has 0 aromatic heterocycles. The molecule has 1 aliphatic heterocycles. The number of ether oxygens (including phenoxy) is 2. The van der Waals surface area contributed by atoms with E-state index in [9.17, 15) is 0 Å². The predicted octanol–water partition coefficient (Wildman–Crippen LogP) is 1.59. The second-order valence-electron chi connectivity index (χ2n) is 3.42. The summed E-state index contributed by atoms with van der Waals surface area (Å²) >= 11 is 0. The van der Waals surface area contributed by atoms with Gasteiger partial charge in [-0.05, 0) is 20.3 Å². The molecule has 10 heavy (non-hydrogen) atoms. The lowest BCUT2D eigenvalue weighted by molar-refractivity contribution is -0.182. The second kappa shape index (κ2) is 2.89. The van der Waals surface area contributed by atoms with Crippen LogP contribution in [0.2, 0.25) is 0 Å². The van der Waals surface area contributed by atoms with Gasteiger partial charge in [0.2, 0.25) is 0 Å². The van der Waals surface area contributed by atoms with Crippen molar-refractivity contribution in [2.45, 2.75) is 38.9 Å². The van der Waals surface area contributed by atoms with Crippen molar-refractivity contribution in [2.24, 2.45) is 0 Å². The van der Waals surface area contributed by atoms with Crippen LogP contribution in [0.5, 0.6) is 0 Å². The first-order valence-electron chi connectivity index (χ1n) is 3.89. The molecule has 2 heteroatoms. The van der Waals surface area contributed by atoms with E-state index in [4.69, 9.17) is 9.47 Å². The highest BCUT2D eigenvalue weighted by Gasteiger charge is 2.27. The van der Waals surface area contributed by atoms with Crippen LogP contribution in [0.15, 0.2) is 0 Å². The summed E-state index contributed by atoms with van der Waals surface area (Å²) in [7, 11) is 0. The van der Waals surface area contributed by atoms with Crippen LogP contribution >= 0.6 is 0 Å². The maximum Gasteiger partial charge on any atom is 0.0863 e. The Morgan fingerprint density at radius 1 is 1.50 bits per heavy atom. The third-order valence-electron chi connectivity index (χ3n) is 1.69. The smallest absolute Gasteiger partial charge is 0.0863 e. The molecule has 0 saturated carbocycles. The molecule has 1 rings (SSSR count). The Morgan fingerprint density at radius 2 is 2.20 bits per heavy atom. The molecule has 0 spiro atoms. The van der Waals surface area contributed by atoms with Crippen molar-refractivity contribution in [1.82, 2.24) is 0 Å². The number of hydrogen-bond donors (Lipinski definition) is 0. The highest BCUT2D eigenvalue weighted by atomic mass is 16.6. The summed E-state index contributed by atoms with van der Waals surface area (Å²) in [5.41, 5.74) is -0.0705. The fourth-order valence-corrected chi connectivity index (χ4v) is 1.16. The van der Waals surface area contributed by atoms with Gasteiger partial charge in [0.05, 0.1) is 24.9 Å². The quantitative estimate of drug-likeness (QED) is 0.556. The largest absolute Gasteiger partial charge is 0.376 e. The summed E-state index contributed by atoms with van der Waals surface area (Å²) in [4.78, 5) is 0. The highest BCUT2D eigenvalue weighted by Crippen LogP contribution is 2.19. The molecular formula is C8H16O2. The van der Waals surface area contributed by atoms with Gasteiger partial charge in [-0.15, -0.1) is 0 Å². The van der Waals surface area contributed by atoms with Gasteiger partial charge in [0.1, 0.15) is 0 Å². The normalized spacial score (nSPS) is 32.1. The number of hydrogen-bond acceptors (Lipinski definition) is 2. The van der Waals surface area contributed by atoms with Gasteiger partial charge >= 0.3 is 0 Å². The van der Waals surface area contributed by atoms with E-state index >= 15 is 0 Å². The zero-order chi connectivity index (χ0) is 7.61. The average molecular weight is 144 g/mol. The first-order chi connectivity index (χ1) is 4.64. The van der Waals surface area contributed by atoms with E-state index in [2.05, 4.69) is 20.8 Å². The Kier molecular flexibility index (Phi) is 2.32. The van der Waals surface area contributed by atoms with E-state index in [1.165, 1.54) is 0 Å². The minimum Gasteiger partial charge on any atom is -0.376 e. The zero-order valence-electron chi connectivity index (χ0n) is 7.02. The fourth-order valence-electron chi connectivity index (χ4n) is 1.16. The summed E-state index contributed by atoms with van der Waals surface area (Å²) in [5.74, 6) is 0. The monoisotopic (exact) mass is 144 g/mol. The van der Waals surface area contributed by atoms with Gasteiger partial charge in [-0.3, -0.25) is 0 Å². The molecule has 0 bridgehead atoms. The first-order valence-corrected chi connectivity index (χ1v) is 3.89.